The number of benzene rings is 4. The van der Waals surface area contributed by atoms with Crippen molar-refractivity contribution >= 4 is 53.2 Å². The van der Waals surface area contributed by atoms with Gasteiger partial charge in [0.25, 0.3) is 46.2 Å². The number of carbonyl (C=O) groups is 9. The van der Waals surface area contributed by atoms with Crippen molar-refractivity contribution in [3.8, 4) is 0 Å². The Bertz CT molecular complexity index is 4640. The number of Topliss-reactive ketones (excluding diaryl/α,β-unsaturated/α-hetero) is 1. The topological polar surface area (TPSA) is 363 Å². The molecule has 4 bridgehead atoms. The summed E-state index contributed by atoms with van der Waals surface area (Å²) >= 11 is 0. The number of amides is 8. The summed E-state index contributed by atoms with van der Waals surface area (Å²) in [4.78, 5) is 194. The second-order valence-corrected chi connectivity index (χ2v) is 27.0. The van der Waals surface area contributed by atoms with Crippen LogP contribution in [0.25, 0.3) is 0 Å². The van der Waals surface area contributed by atoms with E-state index >= 15 is 14.4 Å². The van der Waals surface area contributed by atoms with E-state index in [0.717, 1.165) is 21.6 Å². The number of ether oxygens (including phenoxy) is 4. The largest absolute Gasteiger partial charge is 0.444 e. The second kappa shape index (κ2) is 39.5. The van der Waals surface area contributed by atoms with Crippen molar-refractivity contribution < 1.29 is 76.6 Å². The number of carbonyl (C=O) groups excluding carboxylic acids is 9. The molecule has 6 heterocycles. The van der Waals surface area contributed by atoms with Crippen molar-refractivity contribution in [2.45, 2.75) is 109 Å². The Hall–Kier alpha value is -12.3. The molecule has 30 nitrogen and oxygen atoms in total. The van der Waals surface area contributed by atoms with E-state index in [4.69, 9.17) is 33.5 Å². The minimum atomic E-state index is -1.49. The fourth-order valence-electron chi connectivity index (χ4n) is 12.0. The molecule has 4 aromatic carbocycles. The third kappa shape index (κ3) is 22.9. The summed E-state index contributed by atoms with van der Waals surface area (Å²) in [5.74, 6) is -6.51. The van der Waals surface area contributed by atoms with Gasteiger partial charge < -0.3 is 75.2 Å². The zero-order chi connectivity index (χ0) is 77.9. The van der Waals surface area contributed by atoms with Gasteiger partial charge in [0, 0.05) is 69.9 Å². The molecule has 2 unspecified atom stereocenters. The third-order valence-corrected chi connectivity index (χ3v) is 17.7. The van der Waals surface area contributed by atoms with Crippen LogP contribution in [0.4, 0.5) is 4.79 Å². The zero-order valence-electron chi connectivity index (χ0n) is 61.3. The molecule has 578 valence electrons. The highest BCUT2D eigenvalue weighted by Gasteiger charge is 2.38. The van der Waals surface area contributed by atoms with Crippen molar-refractivity contribution in [3.05, 3.63) is 269 Å². The van der Waals surface area contributed by atoms with Crippen LogP contribution in [-0.2, 0) is 64.6 Å². The minimum absolute atomic E-state index is 0.0244. The fourth-order valence-corrected chi connectivity index (χ4v) is 12.0. The van der Waals surface area contributed by atoms with Crippen LogP contribution in [0, 0.1) is 0 Å². The first kappa shape index (κ1) is 80.3. The summed E-state index contributed by atoms with van der Waals surface area (Å²) in [6, 6.07) is 42.4. The maximum atomic E-state index is 15.4. The Morgan fingerprint density at radius 3 is 1.55 bits per heavy atom. The molecule has 8 amide bonds. The van der Waals surface area contributed by atoms with Crippen LogP contribution in [0.3, 0.4) is 0 Å². The van der Waals surface area contributed by atoms with E-state index in [2.05, 4.69) is 31.9 Å². The molecule has 1 aliphatic carbocycles. The number of ketones is 1. The normalized spacial score (nSPS) is 17.8. The number of hydrogen-bond acceptors (Lipinski definition) is 19. The molecule has 3 aliphatic heterocycles. The molecule has 4 atom stereocenters. The van der Waals surface area contributed by atoms with E-state index in [9.17, 15) is 43.2 Å². The van der Waals surface area contributed by atoms with Crippen LogP contribution in [0.5, 0.6) is 0 Å². The molecule has 6 N–H and O–H groups in total. The predicted molar refractivity (Wildman–Crippen MR) is 400 cm³/mol. The molecular weight excluding hydrogens is 1420 g/mol. The van der Waals surface area contributed by atoms with Crippen molar-refractivity contribution in [1.29, 1.82) is 0 Å². The maximum Gasteiger partial charge on any atom is 0.407 e. The van der Waals surface area contributed by atoms with Gasteiger partial charge in [0.05, 0.1) is 50.7 Å². The van der Waals surface area contributed by atoms with Crippen molar-refractivity contribution in [2.24, 2.45) is 0 Å². The highest BCUT2D eigenvalue weighted by atomic mass is 16.7. The Labute approximate surface area is 633 Å². The lowest BCUT2D eigenvalue weighted by Gasteiger charge is -2.28. The third-order valence-electron chi connectivity index (χ3n) is 17.7. The average molecular weight is 1510 g/mol. The van der Waals surface area contributed by atoms with E-state index in [1.807, 2.05) is 6.07 Å². The molecule has 7 aromatic rings. The molecule has 30 heteroatoms. The lowest BCUT2D eigenvalue weighted by Crippen LogP contribution is -2.52. The number of hydrogen-bond donors (Lipinski definition) is 6. The van der Waals surface area contributed by atoms with E-state index < -0.39 is 117 Å². The summed E-state index contributed by atoms with van der Waals surface area (Å²) in [7, 11) is 0. The van der Waals surface area contributed by atoms with E-state index in [1.54, 1.807) is 136 Å². The highest BCUT2D eigenvalue weighted by Crippen LogP contribution is 2.23. The van der Waals surface area contributed by atoms with Gasteiger partial charge >= 0.3 is 6.09 Å². The summed E-state index contributed by atoms with van der Waals surface area (Å²) in [5.41, 5.74) is -2.14. The molecule has 0 spiro atoms. The Morgan fingerprint density at radius 2 is 1.01 bits per heavy atom. The van der Waals surface area contributed by atoms with E-state index in [-0.39, 0.29) is 147 Å². The van der Waals surface area contributed by atoms with Gasteiger partial charge in [-0.1, -0.05) is 140 Å². The van der Waals surface area contributed by atoms with Crippen molar-refractivity contribution in [1.82, 2.24) is 55.9 Å². The first-order chi connectivity index (χ1) is 53.2. The van der Waals surface area contributed by atoms with E-state index in [1.165, 1.54) is 58.3 Å². The fraction of sp³-hybridized carbons (Fsp3) is 0.350. The number of nitrogens with zero attached hydrogens (tertiary/aromatic N) is 5. The first-order valence-electron chi connectivity index (χ1n) is 36.2. The van der Waals surface area contributed by atoms with Crippen LogP contribution in [0.1, 0.15) is 117 Å². The van der Waals surface area contributed by atoms with Gasteiger partial charge in [0.15, 0.2) is 5.78 Å². The number of alkyl carbamates (subject to hydrolysis) is 1. The van der Waals surface area contributed by atoms with Gasteiger partial charge in [0.2, 0.25) is 11.8 Å². The molecule has 1 fully saturated rings. The highest BCUT2D eigenvalue weighted by molar-refractivity contribution is 6.22. The molecule has 1 saturated heterocycles. The molecule has 0 saturated carbocycles. The molecule has 0 radical (unpaired) electrons. The minimum Gasteiger partial charge on any atom is -0.444 e. The number of pyridine rings is 3. The number of fused-ring (bicyclic) bond motifs is 19. The molecular formula is C80H89N11O19. The van der Waals surface area contributed by atoms with Gasteiger partial charge in [-0.3, -0.25) is 52.7 Å². The van der Waals surface area contributed by atoms with Crippen molar-refractivity contribution in [2.75, 3.05) is 72.2 Å². The Balaban J connectivity index is 1.01. The van der Waals surface area contributed by atoms with Crippen LogP contribution in [0.2, 0.25) is 0 Å². The monoisotopic (exact) mass is 1510 g/mol. The number of allylic oxidation sites excluding steroid dienone is 2. The maximum absolute atomic E-state index is 15.4. The molecule has 4 aliphatic rings. The summed E-state index contributed by atoms with van der Waals surface area (Å²) in [6.07, 6.45) is -0.132. The first-order valence-corrected chi connectivity index (χ1v) is 36.2. The number of nitrogens with one attached hydrogen (secondary N) is 6. The van der Waals surface area contributed by atoms with Gasteiger partial charge in [-0.05, 0) is 99.0 Å². The average Bonchev–Trinajstić information content (AvgIpc) is 0.856. The predicted octanol–water partition coefficient (Wildman–Crippen LogP) is 3.81. The van der Waals surface area contributed by atoms with Crippen LogP contribution in [-0.4, -0.2) is 179 Å². The van der Waals surface area contributed by atoms with Crippen LogP contribution in [0.15, 0.2) is 208 Å². The van der Waals surface area contributed by atoms with Crippen LogP contribution < -0.4 is 63.1 Å². The molecule has 110 heavy (non-hydrogen) atoms. The molecule has 3 aromatic heterocycles. The summed E-state index contributed by atoms with van der Waals surface area (Å²) in [5, 5.41) is 16.5. The van der Waals surface area contributed by atoms with Gasteiger partial charge in [0.1, 0.15) is 60.2 Å². The number of rotatable bonds is 21. The van der Waals surface area contributed by atoms with Gasteiger partial charge in [-0.25, -0.2) is 4.79 Å². The van der Waals surface area contributed by atoms with Gasteiger partial charge in [-0.15, -0.1) is 14.2 Å². The molecule has 11 rings (SSSR count). The van der Waals surface area contributed by atoms with Gasteiger partial charge in [-0.2, -0.15) is 0 Å². The SMILES string of the molecule is CC(C)(C)OC(=O)NCCOCCNC(=O)C1CCN(C(=O)c2cccc(=O)n2OCc2ccccc2)CCCCN(C(=O)c2cccc(=O)n2OCc2ccccc2)CCCNC(=O)c2ccc(c(=O)n2OCc2ccccc2)C(=O)N[C@@H]2COC[C@@H]2NC(=O)C2=CC=C(CC(OCc3ccccc3)C2=O)C(=O)N1. The lowest BCUT2D eigenvalue weighted by molar-refractivity contribution is -0.131. The Kier molecular flexibility index (Phi) is 28.8. The van der Waals surface area contributed by atoms with Crippen molar-refractivity contribution in [3.63, 3.8) is 0 Å². The summed E-state index contributed by atoms with van der Waals surface area (Å²) in [6.45, 7) is 3.52. The Morgan fingerprint density at radius 1 is 0.509 bits per heavy atom. The summed E-state index contributed by atoms with van der Waals surface area (Å²) < 4.78 is 25.5. The lowest BCUT2D eigenvalue weighted by atomic mass is 10.0. The zero-order valence-corrected chi connectivity index (χ0v) is 61.3. The second-order valence-electron chi connectivity index (χ2n) is 27.0. The number of aromatic nitrogens is 3. The quantitative estimate of drug-likeness (QED) is 0.0440. The van der Waals surface area contributed by atoms with Crippen LogP contribution >= 0.6 is 0 Å². The van der Waals surface area contributed by atoms with E-state index in [0.29, 0.717) is 27.0 Å². The smallest absolute Gasteiger partial charge is 0.407 e. The standard InChI is InChI=1S/C80H89N11O19/c1-80(2,3)110-79(103)83-40-46-104-45-39-82-74(98)61-37-44-88(78(102)66-30-19-32-69(93)90(66)108-50-56-25-12-6-13-26-56)42-17-16-41-87(77(101)65-29-18-31-68(92)89(65)107-49-55-23-10-5-11-24-55)43-20-38-81-75(99)64-36-35-60(76(100)91(64)109-51-57-27-14-7-15-28-57)73(97)86-63-53-105-52-62(63)85-72(96)59-34-33-58(71(95)84-61)47-67(70(59)94)106-48-54-21-8-4-9-22-54/h4-15,18-19,21-36,61-63,67H,16-17,20,37-53H2,1-3H3,(H,81,99)(H,82,98)(H,83,103)(H,84,95)(H,85,96)(H,86,97)/t61?,62-,63+,67?/m0/s1.